The number of carboxylic acid groups (broad SMARTS) is 1. The molecule has 186 valence electrons. The number of rotatable bonds is 16. The third kappa shape index (κ3) is 7.08. The van der Waals surface area contributed by atoms with Crippen LogP contribution < -0.4 is 8.32 Å². The summed E-state index contributed by atoms with van der Waals surface area (Å²) in [4.78, 5) is 10.9. The fraction of sp³-hybridized carbons (Fsp3) is 0.708. The van der Waals surface area contributed by atoms with Crippen LogP contribution in [0.5, 0.6) is 5.75 Å². The molecule has 0 aromatic heterocycles. The van der Waals surface area contributed by atoms with Crippen LogP contribution in [0, 0.1) is 0 Å². The second kappa shape index (κ2) is 12.4. The van der Waals surface area contributed by atoms with E-state index in [0.717, 1.165) is 55.4 Å². The molecule has 1 aliphatic heterocycles. The summed E-state index contributed by atoms with van der Waals surface area (Å²) in [5, 5.41) is 15.8. The number of halogens is 3. The van der Waals surface area contributed by atoms with Crippen LogP contribution in [0.3, 0.4) is 0 Å². The molecule has 9 heteroatoms. The summed E-state index contributed by atoms with van der Waals surface area (Å²) in [7, 11) is 0. The molecule has 0 spiro atoms. The number of unbranched alkanes of at least 4 members (excludes halogenated alkanes) is 3. The molecule has 0 bridgehead atoms. The van der Waals surface area contributed by atoms with Gasteiger partial charge in [0.2, 0.25) is 0 Å². The minimum atomic E-state index is -4.57. The van der Waals surface area contributed by atoms with Crippen molar-refractivity contribution in [2.24, 2.45) is 10.2 Å². The Morgan fingerprint density at radius 2 is 1.55 bits per heavy atom. The van der Waals surface area contributed by atoms with Gasteiger partial charge in [0.25, 0.3) is 0 Å². The summed E-state index contributed by atoms with van der Waals surface area (Å²) in [5.74, 6) is -0.248. The summed E-state index contributed by atoms with van der Waals surface area (Å²) in [5.41, 5.74) is -2.37. The first kappa shape index (κ1) is 27.9. The third-order valence-electron chi connectivity index (χ3n) is 6.47. The second-order valence-electron chi connectivity index (χ2n) is 9.02. The predicted molar refractivity (Wildman–Crippen MR) is 126 cm³/mol. The molecule has 33 heavy (non-hydrogen) atoms. The van der Waals surface area contributed by atoms with Crippen molar-refractivity contribution in [2.45, 2.75) is 97.3 Å². The standard InChI is InChI=1S/C12H10F3N2O3.3C4H9.Sn/c13-12(14,15)11(16-17-11)8-3-5-9(6-4-8)20-7-1-2-10(18)19;3*1-3-4-2;/h3-5H,1-2,7H2,(H,18,19);3*1,3-4H2,2H3;. The number of carbonyl (C=O) groups is 1. The normalized spacial score (nSPS) is 15.0. The molecular formula is C24H37F3N2O3Sn. The molecule has 0 unspecified atom stereocenters. The zero-order valence-corrected chi connectivity index (χ0v) is 22.9. The van der Waals surface area contributed by atoms with E-state index < -0.39 is 36.2 Å². The van der Waals surface area contributed by atoms with E-state index >= 15 is 0 Å². The molecule has 0 saturated heterocycles. The molecule has 1 aromatic rings. The van der Waals surface area contributed by atoms with Gasteiger partial charge in [0, 0.05) is 0 Å². The van der Waals surface area contributed by atoms with Crippen LogP contribution in [0.2, 0.25) is 13.3 Å². The van der Waals surface area contributed by atoms with Crippen molar-refractivity contribution in [3.63, 3.8) is 0 Å². The van der Waals surface area contributed by atoms with Crippen molar-refractivity contribution in [3.05, 3.63) is 23.8 Å². The summed E-state index contributed by atoms with van der Waals surface area (Å²) in [6, 6.07) is 4.79. The predicted octanol–water partition coefficient (Wildman–Crippen LogP) is 7.17. The SMILES string of the molecule is CCC[CH2][Sn]([CH2]CCC)([CH2]CCC)[c]1cc(C2(C(F)(F)F)N=N2)ccc1OCCCC(=O)O. The van der Waals surface area contributed by atoms with Gasteiger partial charge in [-0.05, 0) is 0 Å². The van der Waals surface area contributed by atoms with E-state index in [4.69, 9.17) is 9.84 Å². The van der Waals surface area contributed by atoms with Gasteiger partial charge in [-0.1, -0.05) is 0 Å². The maximum atomic E-state index is 13.8. The third-order valence-corrected chi connectivity index (χ3v) is 22.1. The van der Waals surface area contributed by atoms with Crippen LogP contribution in [-0.2, 0) is 10.5 Å². The van der Waals surface area contributed by atoms with Crippen molar-refractivity contribution in [2.75, 3.05) is 6.61 Å². The van der Waals surface area contributed by atoms with E-state index in [-0.39, 0.29) is 18.6 Å². The van der Waals surface area contributed by atoms with E-state index in [9.17, 15) is 18.0 Å². The second-order valence-corrected chi connectivity index (χ2v) is 22.1. The van der Waals surface area contributed by atoms with Gasteiger partial charge >= 0.3 is 199 Å². The average molecular weight is 577 g/mol. The molecule has 1 N–H and O–H groups in total. The molecule has 1 aromatic carbocycles. The number of hydrogen-bond acceptors (Lipinski definition) is 4. The van der Waals surface area contributed by atoms with Crippen LogP contribution in [0.1, 0.15) is 77.7 Å². The van der Waals surface area contributed by atoms with Gasteiger partial charge in [0.05, 0.1) is 0 Å². The average Bonchev–Trinajstić information content (AvgIpc) is 3.59. The Labute approximate surface area is 199 Å². The van der Waals surface area contributed by atoms with Crippen molar-refractivity contribution in [1.82, 2.24) is 0 Å². The van der Waals surface area contributed by atoms with E-state index in [2.05, 4.69) is 31.0 Å². The number of carboxylic acids is 1. The Morgan fingerprint density at radius 1 is 1.00 bits per heavy atom. The Morgan fingerprint density at radius 3 is 1.97 bits per heavy atom. The summed E-state index contributed by atoms with van der Waals surface area (Å²) >= 11 is -3.16. The molecule has 0 aliphatic carbocycles. The zero-order valence-electron chi connectivity index (χ0n) is 20.0. The van der Waals surface area contributed by atoms with Crippen LogP contribution >= 0.6 is 0 Å². The Balaban J connectivity index is 2.54. The summed E-state index contributed by atoms with van der Waals surface area (Å²) < 4.78 is 51.6. The van der Waals surface area contributed by atoms with E-state index in [0.29, 0.717) is 12.2 Å². The molecule has 2 rings (SSSR count). The topological polar surface area (TPSA) is 71.2 Å². The fourth-order valence-electron chi connectivity index (χ4n) is 4.46. The molecule has 0 radical (unpaired) electrons. The number of aliphatic carboxylic acids is 1. The van der Waals surface area contributed by atoms with Gasteiger partial charge in [0.15, 0.2) is 0 Å². The van der Waals surface area contributed by atoms with Crippen molar-refractivity contribution >= 4 is 27.9 Å². The zero-order chi connectivity index (χ0) is 24.5. The van der Waals surface area contributed by atoms with Gasteiger partial charge in [0.1, 0.15) is 0 Å². The first-order chi connectivity index (χ1) is 15.7. The van der Waals surface area contributed by atoms with E-state index in [1.807, 2.05) is 0 Å². The summed E-state index contributed by atoms with van der Waals surface area (Å²) in [6.07, 6.45) is 2.10. The van der Waals surface area contributed by atoms with Gasteiger partial charge in [-0.3, -0.25) is 0 Å². The fourth-order valence-corrected chi connectivity index (χ4v) is 21.0. The maximum absolute atomic E-state index is 13.8. The minimum absolute atomic E-state index is 0.00170. The van der Waals surface area contributed by atoms with Gasteiger partial charge in [-0.2, -0.15) is 0 Å². The number of nitrogens with zero attached hydrogens (tertiary/aromatic N) is 2. The van der Waals surface area contributed by atoms with Crippen LogP contribution in [0.25, 0.3) is 0 Å². The molecule has 0 atom stereocenters. The van der Waals surface area contributed by atoms with Crippen LogP contribution in [0.4, 0.5) is 13.2 Å². The van der Waals surface area contributed by atoms with E-state index in [1.54, 1.807) is 12.1 Å². The quantitative estimate of drug-likeness (QED) is 0.167. The summed E-state index contributed by atoms with van der Waals surface area (Å²) in [6.45, 7) is 6.68. The number of alkyl halides is 3. The first-order valence-corrected chi connectivity index (χ1v) is 19.6. The number of hydrogen-bond donors (Lipinski definition) is 1. The Bertz CT molecular complexity index is 787. The number of ether oxygens (including phenoxy) is 1. The molecular weight excluding hydrogens is 540 g/mol. The molecule has 0 amide bonds. The molecule has 0 fully saturated rings. The van der Waals surface area contributed by atoms with Crippen LogP contribution in [0.15, 0.2) is 28.4 Å². The number of benzene rings is 1. The first-order valence-electron chi connectivity index (χ1n) is 12.2. The van der Waals surface area contributed by atoms with Gasteiger partial charge in [-0.15, -0.1) is 0 Å². The Hall–Kier alpha value is -1.32. The van der Waals surface area contributed by atoms with E-state index in [1.165, 1.54) is 6.07 Å². The Kier molecular flexibility index (Phi) is 10.5. The molecule has 1 aliphatic rings. The van der Waals surface area contributed by atoms with Gasteiger partial charge in [-0.25, -0.2) is 0 Å². The molecule has 5 nitrogen and oxygen atoms in total. The molecule has 1 heterocycles. The van der Waals surface area contributed by atoms with Crippen LogP contribution in [-0.4, -0.2) is 42.2 Å². The monoisotopic (exact) mass is 578 g/mol. The molecule has 0 saturated carbocycles. The van der Waals surface area contributed by atoms with Crippen molar-refractivity contribution in [1.29, 1.82) is 0 Å². The van der Waals surface area contributed by atoms with Crippen molar-refractivity contribution in [3.8, 4) is 5.75 Å². The van der Waals surface area contributed by atoms with Crippen molar-refractivity contribution < 1.29 is 27.8 Å². The van der Waals surface area contributed by atoms with Gasteiger partial charge < -0.3 is 0 Å².